The number of hydrogen-bond acceptors (Lipinski definition) is 3. The number of piperazine rings is 1. The van der Waals surface area contributed by atoms with Gasteiger partial charge in [0, 0.05) is 38.3 Å². The van der Waals surface area contributed by atoms with E-state index in [1.165, 1.54) is 71.5 Å². The van der Waals surface area contributed by atoms with Gasteiger partial charge in [-0.2, -0.15) is 0 Å². The molecular weight excluding hydrogens is 323 g/mol. The maximum absolute atomic E-state index is 4.51. The quantitative estimate of drug-likeness (QED) is 0.633. The van der Waals surface area contributed by atoms with Crippen molar-refractivity contribution < 1.29 is 51.4 Å². The van der Waals surface area contributed by atoms with Gasteiger partial charge in [-0.3, -0.25) is 9.80 Å². The van der Waals surface area contributed by atoms with E-state index >= 15 is 0 Å². The Labute approximate surface area is 192 Å². The van der Waals surface area contributed by atoms with Crippen LogP contribution in [0.4, 0.5) is 0 Å². The van der Waals surface area contributed by atoms with E-state index in [-0.39, 0.29) is 51.4 Å². The molecule has 0 aliphatic carbocycles. The molecule has 0 bridgehead atoms. The van der Waals surface area contributed by atoms with Crippen LogP contribution < -0.4 is 51.4 Å². The van der Waals surface area contributed by atoms with Crippen LogP contribution >= 0.6 is 0 Å². The Morgan fingerprint density at radius 3 is 2.12 bits per heavy atom. The zero-order valence-electron chi connectivity index (χ0n) is 16.6. The second-order valence-corrected chi connectivity index (χ2v) is 8.85. The molecule has 0 atom stereocenters. The normalized spacial score (nSPS) is 28.6. The molecule has 3 saturated heterocycles. The Bertz CT molecular complexity index is 362. The van der Waals surface area contributed by atoms with Gasteiger partial charge in [-0.25, -0.2) is 0 Å². The van der Waals surface area contributed by atoms with Gasteiger partial charge in [0.2, 0.25) is 0 Å². The fourth-order valence-corrected chi connectivity index (χ4v) is 4.69. The summed E-state index contributed by atoms with van der Waals surface area (Å²) in [4.78, 5) is 8.01. The van der Waals surface area contributed by atoms with Gasteiger partial charge in [0.05, 0.1) is 0 Å². The minimum atomic E-state index is 0. The van der Waals surface area contributed by atoms with E-state index in [2.05, 4.69) is 40.9 Å². The van der Waals surface area contributed by atoms with E-state index in [0.29, 0.717) is 5.54 Å². The van der Waals surface area contributed by atoms with Gasteiger partial charge >= 0.3 is 51.4 Å². The Hall–Kier alpha value is 1.48. The summed E-state index contributed by atoms with van der Waals surface area (Å²) in [7, 11) is 2.26. The van der Waals surface area contributed by atoms with Crippen molar-refractivity contribution >= 4 is 0 Å². The number of hydrogen-bond donors (Lipinski definition) is 0. The molecule has 24 heavy (non-hydrogen) atoms. The standard InChI is InChI=1S/C19H37N4.K/c1-19(2)16-22(14-18-6-10-21(3)11-7-18)12-13-23(19)15-17-4-8-20-9-5-17;/h17-18H,4-16H2,1-3H3;/q-1;+1. The first-order valence-electron chi connectivity index (χ1n) is 9.82. The average molecular weight is 361 g/mol. The van der Waals surface area contributed by atoms with Gasteiger partial charge in [0.15, 0.2) is 0 Å². The summed E-state index contributed by atoms with van der Waals surface area (Å²) in [6, 6.07) is 0. The van der Waals surface area contributed by atoms with Gasteiger partial charge in [0.25, 0.3) is 0 Å². The van der Waals surface area contributed by atoms with Crippen LogP contribution in [0, 0.1) is 11.8 Å². The molecular formula is C19H37KN4. The van der Waals surface area contributed by atoms with E-state index in [1.54, 1.807) is 0 Å². The van der Waals surface area contributed by atoms with Crippen LogP contribution in [0.2, 0.25) is 0 Å². The number of likely N-dealkylation sites (tertiary alicyclic amines) is 1. The topological polar surface area (TPSA) is 23.8 Å². The predicted molar refractivity (Wildman–Crippen MR) is 98.1 cm³/mol. The van der Waals surface area contributed by atoms with E-state index in [9.17, 15) is 0 Å². The molecule has 3 heterocycles. The molecule has 3 aliphatic rings. The summed E-state index contributed by atoms with van der Waals surface area (Å²) < 4.78 is 0. The van der Waals surface area contributed by atoms with Crippen LogP contribution in [-0.4, -0.2) is 86.2 Å². The first kappa shape index (κ1) is 21.8. The Balaban J connectivity index is 0.00000208. The van der Waals surface area contributed by atoms with Crippen molar-refractivity contribution in [2.45, 2.75) is 45.1 Å². The van der Waals surface area contributed by atoms with Gasteiger partial charge < -0.3 is 10.2 Å². The largest absolute Gasteiger partial charge is 1.00 e. The summed E-state index contributed by atoms with van der Waals surface area (Å²) in [6.07, 6.45) is 5.41. The Morgan fingerprint density at radius 1 is 0.875 bits per heavy atom. The fourth-order valence-electron chi connectivity index (χ4n) is 4.69. The van der Waals surface area contributed by atoms with Gasteiger partial charge in [-0.15, -0.1) is 13.1 Å². The fraction of sp³-hybridized carbons (Fsp3) is 1.00. The van der Waals surface area contributed by atoms with E-state index in [1.807, 2.05) is 0 Å². The predicted octanol–water partition coefficient (Wildman–Crippen LogP) is -0.488. The molecule has 5 heteroatoms. The summed E-state index contributed by atoms with van der Waals surface area (Å²) in [5.74, 6) is 1.81. The van der Waals surface area contributed by atoms with E-state index < -0.39 is 0 Å². The van der Waals surface area contributed by atoms with Gasteiger partial charge in [-0.05, 0) is 58.7 Å². The molecule has 0 aromatic heterocycles. The van der Waals surface area contributed by atoms with Gasteiger partial charge in [-0.1, -0.05) is 12.8 Å². The zero-order chi connectivity index (χ0) is 16.3. The Morgan fingerprint density at radius 2 is 1.50 bits per heavy atom. The second-order valence-electron chi connectivity index (χ2n) is 8.85. The van der Waals surface area contributed by atoms with Crippen molar-refractivity contribution in [2.24, 2.45) is 11.8 Å². The minimum Gasteiger partial charge on any atom is -0.662 e. The SMILES string of the molecule is CN1CCC(CN2CCN(CC3CC[N-]CC3)C(C)(C)C2)CC1.[K+]. The molecule has 0 aromatic carbocycles. The molecule has 0 N–H and O–H groups in total. The van der Waals surface area contributed by atoms with Crippen LogP contribution in [0.25, 0.3) is 5.32 Å². The molecule has 0 spiro atoms. The molecule has 3 aliphatic heterocycles. The molecule has 0 radical (unpaired) electrons. The molecule has 3 fully saturated rings. The molecule has 0 unspecified atom stereocenters. The summed E-state index contributed by atoms with van der Waals surface area (Å²) in [5, 5.41) is 4.51. The minimum absolute atomic E-state index is 0. The third kappa shape index (κ3) is 6.27. The Kier molecular flexibility index (Phi) is 9.20. The maximum atomic E-state index is 4.51. The molecule has 3 rings (SSSR count). The van der Waals surface area contributed by atoms with Crippen LogP contribution in [0.1, 0.15) is 39.5 Å². The first-order chi connectivity index (χ1) is 11.0. The molecule has 0 saturated carbocycles. The summed E-state index contributed by atoms with van der Waals surface area (Å²) in [5.41, 5.74) is 0.332. The van der Waals surface area contributed by atoms with Crippen molar-refractivity contribution in [1.29, 1.82) is 0 Å². The zero-order valence-corrected chi connectivity index (χ0v) is 19.8. The van der Waals surface area contributed by atoms with Crippen molar-refractivity contribution in [3.8, 4) is 0 Å². The van der Waals surface area contributed by atoms with Crippen molar-refractivity contribution in [3.05, 3.63) is 5.32 Å². The monoisotopic (exact) mass is 360 g/mol. The van der Waals surface area contributed by atoms with Crippen LogP contribution in [0.15, 0.2) is 0 Å². The van der Waals surface area contributed by atoms with Crippen LogP contribution in [0.3, 0.4) is 0 Å². The average Bonchev–Trinajstić information content (AvgIpc) is 2.53. The third-order valence-electron chi connectivity index (χ3n) is 6.38. The van der Waals surface area contributed by atoms with Crippen LogP contribution in [-0.2, 0) is 0 Å². The van der Waals surface area contributed by atoms with Crippen molar-refractivity contribution in [3.63, 3.8) is 0 Å². The number of rotatable bonds is 4. The smallest absolute Gasteiger partial charge is 0.662 e. The molecule has 0 aromatic rings. The third-order valence-corrected chi connectivity index (χ3v) is 6.38. The van der Waals surface area contributed by atoms with Crippen LogP contribution in [0.5, 0.6) is 0 Å². The second kappa shape index (κ2) is 10.1. The molecule has 0 amide bonds. The number of piperidine rings is 2. The van der Waals surface area contributed by atoms with Gasteiger partial charge in [0.1, 0.15) is 0 Å². The van der Waals surface area contributed by atoms with Crippen molar-refractivity contribution in [1.82, 2.24) is 14.7 Å². The maximum Gasteiger partial charge on any atom is 1.00 e. The summed E-state index contributed by atoms with van der Waals surface area (Å²) in [6.45, 7) is 16.1. The number of nitrogens with zero attached hydrogens (tertiary/aromatic N) is 4. The summed E-state index contributed by atoms with van der Waals surface area (Å²) >= 11 is 0. The molecule has 4 nitrogen and oxygen atoms in total. The van der Waals surface area contributed by atoms with E-state index in [4.69, 9.17) is 0 Å². The van der Waals surface area contributed by atoms with E-state index in [0.717, 1.165) is 24.9 Å². The first-order valence-corrected chi connectivity index (χ1v) is 9.82. The van der Waals surface area contributed by atoms with Crippen molar-refractivity contribution in [2.75, 3.05) is 66.0 Å². The molecule has 134 valence electrons.